The molecule has 2 fully saturated rings. The Hall–Kier alpha value is -1.55. The zero-order valence-corrected chi connectivity index (χ0v) is 10.4. The highest BCUT2D eigenvalue weighted by atomic mass is 16.6. The standard InChI is InChI=1S/C14H17NO3/c1-10-7-15(8-12-13(10)18-12)14(16)17-9-11-5-3-2-4-6-11/h2-6,10,12-13H,7-9H2,1H3/t10-,12-,13-/m1/s1. The van der Waals surface area contributed by atoms with Gasteiger partial charge in [-0.25, -0.2) is 4.79 Å². The van der Waals surface area contributed by atoms with Gasteiger partial charge in [0.1, 0.15) is 12.7 Å². The molecule has 1 aromatic carbocycles. The molecule has 2 saturated heterocycles. The third kappa shape index (κ3) is 2.34. The van der Waals surface area contributed by atoms with Crippen molar-refractivity contribution in [3.05, 3.63) is 35.9 Å². The maximum absolute atomic E-state index is 11.9. The van der Waals surface area contributed by atoms with E-state index in [0.717, 1.165) is 12.1 Å². The third-order valence-electron chi connectivity index (χ3n) is 3.55. The molecule has 2 aliphatic heterocycles. The fraction of sp³-hybridized carbons (Fsp3) is 0.500. The quantitative estimate of drug-likeness (QED) is 0.751. The molecule has 1 amide bonds. The average Bonchev–Trinajstić information content (AvgIpc) is 3.17. The molecule has 0 radical (unpaired) electrons. The monoisotopic (exact) mass is 247 g/mol. The summed E-state index contributed by atoms with van der Waals surface area (Å²) in [4.78, 5) is 13.7. The number of rotatable bonds is 2. The first-order valence-corrected chi connectivity index (χ1v) is 6.35. The number of hydrogen-bond donors (Lipinski definition) is 0. The van der Waals surface area contributed by atoms with Gasteiger partial charge in [0.05, 0.1) is 12.6 Å². The van der Waals surface area contributed by atoms with Crippen LogP contribution in [0.25, 0.3) is 0 Å². The van der Waals surface area contributed by atoms with Crippen LogP contribution in [0.5, 0.6) is 0 Å². The molecule has 0 aliphatic carbocycles. The number of amides is 1. The summed E-state index contributed by atoms with van der Waals surface area (Å²) >= 11 is 0. The first-order valence-electron chi connectivity index (χ1n) is 6.35. The molecule has 0 N–H and O–H groups in total. The van der Waals surface area contributed by atoms with Crippen molar-refractivity contribution in [2.24, 2.45) is 5.92 Å². The van der Waals surface area contributed by atoms with E-state index in [1.165, 1.54) is 0 Å². The van der Waals surface area contributed by atoms with Crippen LogP contribution in [0, 0.1) is 5.92 Å². The number of likely N-dealkylation sites (tertiary alicyclic amines) is 1. The van der Waals surface area contributed by atoms with Crippen molar-refractivity contribution >= 4 is 6.09 Å². The normalized spacial score (nSPS) is 29.6. The van der Waals surface area contributed by atoms with E-state index in [-0.39, 0.29) is 12.2 Å². The second-order valence-electron chi connectivity index (χ2n) is 5.06. The number of hydrogen-bond acceptors (Lipinski definition) is 3. The molecule has 0 bridgehead atoms. The summed E-state index contributed by atoms with van der Waals surface area (Å²) in [6.45, 7) is 3.85. The van der Waals surface area contributed by atoms with E-state index in [0.29, 0.717) is 25.2 Å². The minimum absolute atomic E-state index is 0.234. The van der Waals surface area contributed by atoms with Crippen LogP contribution in [0.3, 0.4) is 0 Å². The fourth-order valence-corrected chi connectivity index (χ4v) is 2.51. The van der Waals surface area contributed by atoms with E-state index in [2.05, 4.69) is 6.92 Å². The van der Waals surface area contributed by atoms with E-state index in [9.17, 15) is 4.79 Å². The molecular formula is C14H17NO3. The SMILES string of the molecule is C[C@@H]1CN(C(=O)OCc2ccccc2)C[C@H]2O[C@H]12. The van der Waals surface area contributed by atoms with Crippen LogP contribution in [-0.4, -0.2) is 36.3 Å². The second kappa shape index (κ2) is 4.61. The van der Waals surface area contributed by atoms with Gasteiger partial charge in [0.25, 0.3) is 0 Å². The highest BCUT2D eigenvalue weighted by Gasteiger charge is 2.49. The van der Waals surface area contributed by atoms with Gasteiger partial charge in [-0.2, -0.15) is 0 Å². The van der Waals surface area contributed by atoms with Gasteiger partial charge in [0.15, 0.2) is 0 Å². The van der Waals surface area contributed by atoms with Gasteiger partial charge in [0.2, 0.25) is 0 Å². The molecule has 0 spiro atoms. The van der Waals surface area contributed by atoms with Crippen molar-refractivity contribution in [1.29, 1.82) is 0 Å². The van der Waals surface area contributed by atoms with E-state index in [1.807, 2.05) is 30.3 Å². The van der Waals surface area contributed by atoms with Gasteiger partial charge in [0, 0.05) is 12.5 Å². The van der Waals surface area contributed by atoms with Crippen molar-refractivity contribution in [3.63, 3.8) is 0 Å². The molecule has 4 nitrogen and oxygen atoms in total. The first-order chi connectivity index (χ1) is 8.74. The summed E-state index contributed by atoms with van der Waals surface area (Å²) in [6.07, 6.45) is 0.362. The van der Waals surface area contributed by atoms with Gasteiger partial charge in [-0.3, -0.25) is 0 Å². The van der Waals surface area contributed by atoms with Crippen LogP contribution >= 0.6 is 0 Å². The van der Waals surface area contributed by atoms with E-state index >= 15 is 0 Å². The lowest BCUT2D eigenvalue weighted by Gasteiger charge is -2.27. The Morgan fingerprint density at radius 3 is 2.89 bits per heavy atom. The van der Waals surface area contributed by atoms with Crippen molar-refractivity contribution in [1.82, 2.24) is 4.90 Å². The molecule has 96 valence electrons. The molecule has 18 heavy (non-hydrogen) atoms. The van der Waals surface area contributed by atoms with Crippen molar-refractivity contribution in [2.45, 2.75) is 25.7 Å². The van der Waals surface area contributed by atoms with Gasteiger partial charge in [-0.15, -0.1) is 0 Å². The smallest absolute Gasteiger partial charge is 0.410 e. The van der Waals surface area contributed by atoms with Crippen molar-refractivity contribution < 1.29 is 14.3 Å². The lowest BCUT2D eigenvalue weighted by Crippen LogP contribution is -2.43. The maximum atomic E-state index is 11.9. The summed E-state index contributed by atoms with van der Waals surface area (Å²) in [5.41, 5.74) is 1.01. The lowest BCUT2D eigenvalue weighted by molar-refractivity contribution is 0.0861. The number of carbonyl (C=O) groups is 1. The molecule has 0 unspecified atom stereocenters. The van der Waals surface area contributed by atoms with Crippen LogP contribution in [0.15, 0.2) is 30.3 Å². The summed E-state index contributed by atoms with van der Waals surface area (Å²) < 4.78 is 10.8. The van der Waals surface area contributed by atoms with Crippen LogP contribution in [0.1, 0.15) is 12.5 Å². The number of benzene rings is 1. The van der Waals surface area contributed by atoms with E-state index in [1.54, 1.807) is 4.90 Å². The highest BCUT2D eigenvalue weighted by molar-refractivity contribution is 5.68. The molecule has 1 aromatic rings. The van der Waals surface area contributed by atoms with Crippen LogP contribution in [0.4, 0.5) is 4.79 Å². The molecule has 2 heterocycles. The molecule has 2 aliphatic rings. The molecule has 0 saturated carbocycles. The summed E-state index contributed by atoms with van der Waals surface area (Å²) in [6, 6.07) is 9.73. The molecule has 4 heteroatoms. The summed E-state index contributed by atoms with van der Waals surface area (Å²) in [5.74, 6) is 0.410. The minimum Gasteiger partial charge on any atom is -0.445 e. The Morgan fingerprint density at radius 2 is 2.17 bits per heavy atom. The minimum atomic E-state index is -0.236. The Labute approximate surface area is 106 Å². The second-order valence-corrected chi connectivity index (χ2v) is 5.06. The topological polar surface area (TPSA) is 42.1 Å². The summed E-state index contributed by atoms with van der Waals surface area (Å²) in [5, 5.41) is 0. The maximum Gasteiger partial charge on any atom is 0.410 e. The number of nitrogens with zero attached hydrogens (tertiary/aromatic N) is 1. The van der Waals surface area contributed by atoms with Gasteiger partial charge in [-0.05, 0) is 5.56 Å². The van der Waals surface area contributed by atoms with Crippen LogP contribution < -0.4 is 0 Å². The lowest BCUT2D eigenvalue weighted by atomic mass is 10.0. The predicted octanol–water partition coefficient (Wildman–Crippen LogP) is 2.04. The van der Waals surface area contributed by atoms with E-state index < -0.39 is 0 Å². The number of epoxide rings is 1. The number of carbonyl (C=O) groups excluding carboxylic acids is 1. The van der Waals surface area contributed by atoms with Gasteiger partial charge in [-0.1, -0.05) is 37.3 Å². The fourth-order valence-electron chi connectivity index (χ4n) is 2.51. The third-order valence-corrected chi connectivity index (χ3v) is 3.55. The van der Waals surface area contributed by atoms with Crippen molar-refractivity contribution in [2.75, 3.05) is 13.1 Å². The Bertz CT molecular complexity index is 434. The zero-order chi connectivity index (χ0) is 12.5. The Morgan fingerprint density at radius 1 is 1.39 bits per heavy atom. The molecule has 3 atom stereocenters. The number of piperidine rings is 1. The van der Waals surface area contributed by atoms with Gasteiger partial charge < -0.3 is 14.4 Å². The Balaban J connectivity index is 1.52. The first kappa shape index (κ1) is 11.5. The van der Waals surface area contributed by atoms with Crippen LogP contribution in [-0.2, 0) is 16.1 Å². The highest BCUT2D eigenvalue weighted by Crippen LogP contribution is 2.35. The average molecular weight is 247 g/mol. The van der Waals surface area contributed by atoms with E-state index in [4.69, 9.17) is 9.47 Å². The van der Waals surface area contributed by atoms with Gasteiger partial charge >= 0.3 is 6.09 Å². The molecular weight excluding hydrogens is 230 g/mol. The Kier molecular flexibility index (Phi) is 2.96. The largest absolute Gasteiger partial charge is 0.445 e. The summed E-state index contributed by atoms with van der Waals surface area (Å²) in [7, 11) is 0. The molecule has 0 aromatic heterocycles. The van der Waals surface area contributed by atoms with Crippen molar-refractivity contribution in [3.8, 4) is 0 Å². The number of fused-ring (bicyclic) bond motifs is 1. The molecule has 3 rings (SSSR count). The number of ether oxygens (including phenoxy) is 2. The van der Waals surface area contributed by atoms with Crippen LogP contribution in [0.2, 0.25) is 0 Å². The zero-order valence-electron chi connectivity index (χ0n) is 10.4. The predicted molar refractivity (Wildman–Crippen MR) is 66.0 cm³/mol.